The third-order valence-electron chi connectivity index (χ3n) is 4.22. The minimum atomic E-state index is -3.76. The van der Waals surface area contributed by atoms with E-state index in [2.05, 4.69) is 5.32 Å². The number of hydrogen-bond acceptors (Lipinski definition) is 3. The largest absolute Gasteiger partial charge is 0.351 e. The Balaban J connectivity index is 3.35. The maximum Gasteiger partial charge on any atom is 0.244 e. The van der Waals surface area contributed by atoms with Gasteiger partial charge in [-0.2, -0.15) is 0 Å². The molecule has 0 fully saturated rings. The molecule has 1 aromatic rings. The number of amides is 1. The molecule has 1 unspecified atom stereocenters. The maximum absolute atomic E-state index is 13.0. The van der Waals surface area contributed by atoms with Gasteiger partial charge in [0.25, 0.3) is 0 Å². The first-order valence-electron chi connectivity index (χ1n) is 8.64. The molecule has 0 aromatic heterocycles. The Hall–Kier alpha value is -0.980. The Morgan fingerprint density at radius 3 is 2.12 bits per heavy atom. The second-order valence-corrected chi connectivity index (χ2v) is 9.80. The first-order chi connectivity index (χ1) is 11.9. The van der Waals surface area contributed by atoms with Crippen LogP contribution >= 0.6 is 23.2 Å². The van der Waals surface area contributed by atoms with Gasteiger partial charge in [0.05, 0.1) is 17.0 Å². The SMILES string of the molecule is CCC(C(=O)NC(C(C)C)C(C)C)N(c1cc(Cl)ccc1Cl)S(C)(=O)=O. The average molecular weight is 423 g/mol. The molecule has 0 aliphatic carbocycles. The van der Waals surface area contributed by atoms with Crippen LogP contribution in [0.5, 0.6) is 0 Å². The van der Waals surface area contributed by atoms with Gasteiger partial charge in [-0.3, -0.25) is 9.10 Å². The molecule has 148 valence electrons. The van der Waals surface area contributed by atoms with Crippen LogP contribution in [-0.2, 0) is 14.8 Å². The Kier molecular flexibility index (Phi) is 8.24. The Morgan fingerprint density at radius 2 is 1.69 bits per heavy atom. The molecule has 1 amide bonds. The zero-order chi connectivity index (χ0) is 20.2. The van der Waals surface area contributed by atoms with E-state index in [0.29, 0.717) is 11.4 Å². The number of nitrogens with one attached hydrogen (secondary N) is 1. The summed E-state index contributed by atoms with van der Waals surface area (Å²) < 4.78 is 26.1. The molecule has 26 heavy (non-hydrogen) atoms. The summed E-state index contributed by atoms with van der Waals surface area (Å²) in [6, 6.07) is 3.58. The highest BCUT2D eigenvalue weighted by atomic mass is 35.5. The van der Waals surface area contributed by atoms with E-state index in [9.17, 15) is 13.2 Å². The third kappa shape index (κ3) is 5.76. The highest BCUT2D eigenvalue weighted by molar-refractivity contribution is 7.92. The molecular formula is C18H28Cl2N2O3S. The van der Waals surface area contributed by atoms with Crippen LogP contribution in [0.25, 0.3) is 0 Å². The molecule has 0 saturated heterocycles. The maximum atomic E-state index is 13.0. The van der Waals surface area contributed by atoms with Crippen molar-refractivity contribution in [3.63, 3.8) is 0 Å². The second kappa shape index (κ2) is 9.29. The summed E-state index contributed by atoms with van der Waals surface area (Å²) in [5, 5.41) is 3.56. The van der Waals surface area contributed by atoms with Crippen molar-refractivity contribution in [3.05, 3.63) is 28.2 Å². The molecule has 0 saturated carbocycles. The predicted octanol–water partition coefficient (Wildman–Crippen LogP) is 4.33. The molecule has 1 atom stereocenters. The third-order valence-corrected chi connectivity index (χ3v) is 5.94. The van der Waals surface area contributed by atoms with Crippen LogP contribution in [0, 0.1) is 11.8 Å². The van der Waals surface area contributed by atoms with Crippen LogP contribution < -0.4 is 9.62 Å². The van der Waals surface area contributed by atoms with Gasteiger partial charge < -0.3 is 5.32 Å². The van der Waals surface area contributed by atoms with Gasteiger partial charge in [0, 0.05) is 11.1 Å². The molecule has 1 aromatic carbocycles. The summed E-state index contributed by atoms with van der Waals surface area (Å²) in [5.74, 6) is 0.0946. The topological polar surface area (TPSA) is 66.5 Å². The first-order valence-corrected chi connectivity index (χ1v) is 11.2. The van der Waals surface area contributed by atoms with Crippen molar-refractivity contribution in [1.29, 1.82) is 0 Å². The van der Waals surface area contributed by atoms with Crippen LogP contribution in [0.4, 0.5) is 5.69 Å². The van der Waals surface area contributed by atoms with Gasteiger partial charge in [0.1, 0.15) is 6.04 Å². The van der Waals surface area contributed by atoms with Gasteiger partial charge in [0.15, 0.2) is 0 Å². The number of anilines is 1. The molecule has 5 nitrogen and oxygen atoms in total. The number of carbonyl (C=O) groups is 1. The quantitative estimate of drug-likeness (QED) is 0.677. The average Bonchev–Trinajstić information content (AvgIpc) is 2.50. The number of nitrogens with zero attached hydrogens (tertiary/aromatic N) is 1. The Labute approximate surface area is 167 Å². The molecule has 0 aliphatic heterocycles. The molecule has 0 bridgehead atoms. The summed E-state index contributed by atoms with van der Waals surface area (Å²) >= 11 is 12.2. The van der Waals surface area contributed by atoms with Gasteiger partial charge in [-0.25, -0.2) is 8.42 Å². The lowest BCUT2D eigenvalue weighted by molar-refractivity contribution is -0.123. The molecule has 0 heterocycles. The van der Waals surface area contributed by atoms with Gasteiger partial charge >= 0.3 is 0 Å². The van der Waals surface area contributed by atoms with Crippen molar-refractivity contribution >= 4 is 44.8 Å². The van der Waals surface area contributed by atoms with Crippen LogP contribution in [-0.4, -0.2) is 32.7 Å². The second-order valence-electron chi connectivity index (χ2n) is 7.10. The fourth-order valence-corrected chi connectivity index (χ4v) is 4.69. The standard InChI is InChI=1S/C18H28Cl2N2O3S/c1-7-15(18(23)21-17(11(2)3)12(4)5)22(26(6,24)25)16-10-13(19)8-9-14(16)20/h8-12,15,17H,7H2,1-6H3,(H,21,23). The fourth-order valence-electron chi connectivity index (χ4n) is 3.05. The molecule has 0 spiro atoms. The summed E-state index contributed by atoms with van der Waals surface area (Å²) in [6.45, 7) is 9.85. The molecule has 8 heteroatoms. The lowest BCUT2D eigenvalue weighted by Gasteiger charge is -2.34. The first kappa shape index (κ1) is 23.1. The van der Waals surface area contributed by atoms with E-state index in [-0.39, 0.29) is 34.5 Å². The normalized spacial score (nSPS) is 13.3. The van der Waals surface area contributed by atoms with E-state index in [1.54, 1.807) is 13.0 Å². The molecule has 1 rings (SSSR count). The van der Waals surface area contributed by atoms with E-state index in [0.717, 1.165) is 10.6 Å². The van der Waals surface area contributed by atoms with E-state index in [1.165, 1.54) is 12.1 Å². The van der Waals surface area contributed by atoms with Gasteiger partial charge in [-0.1, -0.05) is 57.8 Å². The molecule has 1 N–H and O–H groups in total. The van der Waals surface area contributed by atoms with E-state index >= 15 is 0 Å². The predicted molar refractivity (Wildman–Crippen MR) is 109 cm³/mol. The van der Waals surface area contributed by atoms with Crippen molar-refractivity contribution in [3.8, 4) is 0 Å². The number of hydrogen-bond donors (Lipinski definition) is 1. The van der Waals surface area contributed by atoms with Crippen molar-refractivity contribution in [2.45, 2.75) is 53.1 Å². The fraction of sp³-hybridized carbons (Fsp3) is 0.611. The van der Waals surface area contributed by atoms with E-state index < -0.39 is 16.1 Å². The number of carbonyl (C=O) groups excluding carboxylic acids is 1. The van der Waals surface area contributed by atoms with Gasteiger partial charge in [-0.05, 0) is 36.5 Å². The summed E-state index contributed by atoms with van der Waals surface area (Å²) in [4.78, 5) is 13.0. The zero-order valence-electron chi connectivity index (χ0n) is 16.1. The summed E-state index contributed by atoms with van der Waals surface area (Å²) in [6.07, 6.45) is 1.35. The minimum Gasteiger partial charge on any atom is -0.351 e. The highest BCUT2D eigenvalue weighted by Gasteiger charge is 2.34. The van der Waals surface area contributed by atoms with Crippen molar-refractivity contribution in [2.24, 2.45) is 11.8 Å². The smallest absolute Gasteiger partial charge is 0.244 e. The van der Waals surface area contributed by atoms with Crippen LogP contribution in [0.15, 0.2) is 18.2 Å². The number of benzene rings is 1. The lowest BCUT2D eigenvalue weighted by atomic mass is 9.93. The van der Waals surface area contributed by atoms with Crippen molar-refractivity contribution in [2.75, 3.05) is 10.6 Å². The van der Waals surface area contributed by atoms with E-state index in [1.807, 2.05) is 27.7 Å². The number of halogens is 2. The monoisotopic (exact) mass is 422 g/mol. The minimum absolute atomic E-state index is 0.0622. The summed E-state index contributed by atoms with van der Waals surface area (Å²) in [7, 11) is -3.76. The van der Waals surface area contributed by atoms with E-state index in [4.69, 9.17) is 23.2 Å². The highest BCUT2D eigenvalue weighted by Crippen LogP contribution is 2.33. The Bertz CT molecular complexity index is 728. The van der Waals surface area contributed by atoms with Crippen LogP contribution in [0.2, 0.25) is 10.0 Å². The van der Waals surface area contributed by atoms with Gasteiger partial charge in [0.2, 0.25) is 15.9 Å². The van der Waals surface area contributed by atoms with Gasteiger partial charge in [-0.15, -0.1) is 0 Å². The number of sulfonamides is 1. The van der Waals surface area contributed by atoms with Crippen molar-refractivity contribution in [1.82, 2.24) is 5.32 Å². The van der Waals surface area contributed by atoms with Crippen molar-refractivity contribution < 1.29 is 13.2 Å². The lowest BCUT2D eigenvalue weighted by Crippen LogP contribution is -2.53. The number of rotatable bonds is 8. The molecule has 0 radical (unpaired) electrons. The molecular weight excluding hydrogens is 395 g/mol. The zero-order valence-corrected chi connectivity index (χ0v) is 18.4. The molecule has 0 aliphatic rings. The van der Waals surface area contributed by atoms with Crippen LogP contribution in [0.1, 0.15) is 41.0 Å². The van der Waals surface area contributed by atoms with Crippen LogP contribution in [0.3, 0.4) is 0 Å². The Morgan fingerprint density at radius 1 is 1.15 bits per heavy atom. The summed E-state index contributed by atoms with van der Waals surface area (Å²) in [5.41, 5.74) is 0.203.